The first-order valence-electron chi connectivity index (χ1n) is 6.22. The molecule has 96 valence electrons. The number of aliphatic hydroxyl groups is 1. The average molecular weight is 256 g/mol. The highest BCUT2D eigenvalue weighted by atomic mass is 32.2. The molecule has 3 N–H and O–H groups in total. The van der Waals surface area contributed by atoms with Gasteiger partial charge in [-0.3, -0.25) is 0 Å². The molecule has 0 aromatic carbocycles. The van der Waals surface area contributed by atoms with Gasteiger partial charge in [0, 0.05) is 31.4 Å². The second kappa shape index (κ2) is 6.37. The van der Waals surface area contributed by atoms with Crippen LogP contribution in [-0.4, -0.2) is 38.3 Å². The Hall–Kier alpha value is -0.590. The smallest absolute Gasteiger partial charge is 0.191 e. The zero-order valence-electron chi connectivity index (χ0n) is 10.0. The number of hydrogen-bond acceptors (Lipinski definition) is 5. The van der Waals surface area contributed by atoms with E-state index in [1.807, 2.05) is 0 Å². The second-order valence-corrected chi connectivity index (χ2v) is 5.43. The van der Waals surface area contributed by atoms with Crippen molar-refractivity contribution >= 4 is 11.8 Å². The molecule has 0 bridgehead atoms. The molecule has 0 amide bonds. The van der Waals surface area contributed by atoms with Crippen LogP contribution in [-0.2, 0) is 13.0 Å². The SMILES string of the molecule is NC(CCO)CSc1nnc2n1CCCCC2. The second-order valence-electron chi connectivity index (χ2n) is 4.44. The van der Waals surface area contributed by atoms with Gasteiger partial charge in [-0.25, -0.2) is 0 Å². The Kier molecular flexibility index (Phi) is 4.82. The minimum atomic E-state index is 0.0312. The van der Waals surface area contributed by atoms with E-state index in [1.54, 1.807) is 11.8 Å². The fraction of sp³-hybridized carbons (Fsp3) is 0.818. The van der Waals surface area contributed by atoms with Gasteiger partial charge in [-0.2, -0.15) is 0 Å². The van der Waals surface area contributed by atoms with Gasteiger partial charge in [-0.05, 0) is 19.3 Å². The summed E-state index contributed by atoms with van der Waals surface area (Å²) in [6.45, 7) is 1.18. The molecule has 0 saturated carbocycles. The van der Waals surface area contributed by atoms with Crippen molar-refractivity contribution in [2.24, 2.45) is 5.73 Å². The first-order chi connectivity index (χ1) is 8.31. The summed E-state index contributed by atoms with van der Waals surface area (Å²) in [5, 5.41) is 18.3. The summed E-state index contributed by atoms with van der Waals surface area (Å²) < 4.78 is 2.23. The van der Waals surface area contributed by atoms with Gasteiger partial charge in [0.05, 0.1) is 0 Å². The van der Waals surface area contributed by atoms with Crippen molar-refractivity contribution < 1.29 is 5.11 Å². The highest BCUT2D eigenvalue weighted by molar-refractivity contribution is 7.99. The van der Waals surface area contributed by atoms with E-state index in [4.69, 9.17) is 10.8 Å². The summed E-state index contributed by atoms with van der Waals surface area (Å²) in [7, 11) is 0. The number of nitrogens with zero attached hydrogens (tertiary/aromatic N) is 3. The van der Waals surface area contributed by atoms with Crippen molar-refractivity contribution in [2.45, 2.75) is 49.8 Å². The lowest BCUT2D eigenvalue weighted by atomic mass is 10.2. The van der Waals surface area contributed by atoms with Crippen LogP contribution in [0.25, 0.3) is 0 Å². The van der Waals surface area contributed by atoms with Crippen molar-refractivity contribution in [3.05, 3.63) is 5.82 Å². The van der Waals surface area contributed by atoms with Crippen LogP contribution in [0.1, 0.15) is 31.5 Å². The zero-order chi connectivity index (χ0) is 12.1. The van der Waals surface area contributed by atoms with Gasteiger partial charge in [0.15, 0.2) is 5.16 Å². The first kappa shape index (κ1) is 12.9. The molecule has 6 heteroatoms. The van der Waals surface area contributed by atoms with Gasteiger partial charge in [-0.1, -0.05) is 18.2 Å². The van der Waals surface area contributed by atoms with Crippen LogP contribution >= 0.6 is 11.8 Å². The van der Waals surface area contributed by atoms with E-state index in [9.17, 15) is 0 Å². The highest BCUT2D eigenvalue weighted by Gasteiger charge is 2.15. The standard InChI is InChI=1S/C11H20N4OS/c12-9(5-7-16)8-17-11-14-13-10-4-2-1-3-6-15(10)11/h9,16H,1-8,12H2. The molecule has 2 heterocycles. The number of nitrogens with two attached hydrogens (primary N) is 1. The minimum absolute atomic E-state index is 0.0312. The molecule has 0 saturated heterocycles. The van der Waals surface area contributed by atoms with Gasteiger partial charge < -0.3 is 15.4 Å². The van der Waals surface area contributed by atoms with Crippen molar-refractivity contribution in [1.82, 2.24) is 14.8 Å². The fourth-order valence-corrected chi connectivity index (χ4v) is 2.98. The summed E-state index contributed by atoms with van der Waals surface area (Å²) in [6, 6.07) is 0.0312. The molecule has 0 radical (unpaired) electrons. The molecular formula is C11H20N4OS. The van der Waals surface area contributed by atoms with Gasteiger partial charge in [0.1, 0.15) is 5.82 Å². The molecule has 1 atom stereocenters. The van der Waals surface area contributed by atoms with E-state index < -0.39 is 0 Å². The van der Waals surface area contributed by atoms with Gasteiger partial charge >= 0.3 is 0 Å². The van der Waals surface area contributed by atoms with E-state index in [0.29, 0.717) is 6.42 Å². The van der Waals surface area contributed by atoms with Crippen LogP contribution in [0.4, 0.5) is 0 Å². The molecule has 17 heavy (non-hydrogen) atoms. The number of fused-ring (bicyclic) bond motifs is 1. The van der Waals surface area contributed by atoms with Crippen LogP contribution in [0, 0.1) is 0 Å². The normalized spacial score (nSPS) is 17.5. The molecule has 5 nitrogen and oxygen atoms in total. The third kappa shape index (κ3) is 3.43. The zero-order valence-corrected chi connectivity index (χ0v) is 10.8. The summed E-state index contributed by atoms with van der Waals surface area (Å²) >= 11 is 1.65. The van der Waals surface area contributed by atoms with Crippen LogP contribution < -0.4 is 5.73 Å². The first-order valence-corrected chi connectivity index (χ1v) is 7.21. The Morgan fingerprint density at radius 1 is 1.35 bits per heavy atom. The highest BCUT2D eigenvalue weighted by Crippen LogP contribution is 2.22. The number of aryl methyl sites for hydroxylation is 1. The topological polar surface area (TPSA) is 77.0 Å². The lowest BCUT2D eigenvalue weighted by molar-refractivity contribution is 0.279. The molecule has 2 rings (SSSR count). The Labute approximate surface area is 106 Å². The van der Waals surface area contributed by atoms with Gasteiger partial charge in [0.25, 0.3) is 0 Å². The summed E-state index contributed by atoms with van der Waals surface area (Å²) in [5.41, 5.74) is 5.87. The summed E-state index contributed by atoms with van der Waals surface area (Å²) in [5.74, 6) is 1.90. The van der Waals surface area contributed by atoms with Crippen LogP contribution in [0.3, 0.4) is 0 Å². The van der Waals surface area contributed by atoms with Gasteiger partial charge in [0.2, 0.25) is 0 Å². The summed E-state index contributed by atoms with van der Waals surface area (Å²) in [4.78, 5) is 0. The quantitative estimate of drug-likeness (QED) is 0.762. The van der Waals surface area contributed by atoms with E-state index in [0.717, 1.165) is 29.7 Å². The number of thioether (sulfide) groups is 1. The molecular weight excluding hydrogens is 236 g/mol. The van der Waals surface area contributed by atoms with Crippen LogP contribution in [0.5, 0.6) is 0 Å². The largest absolute Gasteiger partial charge is 0.396 e. The number of aromatic nitrogens is 3. The summed E-state index contributed by atoms with van der Waals surface area (Å²) in [6.07, 6.45) is 5.38. The van der Waals surface area contributed by atoms with Crippen molar-refractivity contribution in [3.63, 3.8) is 0 Å². The molecule has 1 aliphatic heterocycles. The predicted octanol–water partition coefficient (Wildman–Crippen LogP) is 0.806. The molecule has 1 aliphatic rings. The van der Waals surface area contributed by atoms with E-state index in [1.165, 1.54) is 19.3 Å². The monoisotopic (exact) mass is 256 g/mol. The molecule has 0 fully saturated rings. The third-order valence-corrected chi connectivity index (χ3v) is 4.16. The van der Waals surface area contributed by atoms with Crippen molar-refractivity contribution in [1.29, 1.82) is 0 Å². The number of rotatable bonds is 5. The molecule has 0 aliphatic carbocycles. The molecule has 1 aromatic rings. The van der Waals surface area contributed by atoms with Crippen molar-refractivity contribution in [2.75, 3.05) is 12.4 Å². The maximum absolute atomic E-state index is 8.80. The van der Waals surface area contributed by atoms with Crippen LogP contribution in [0.15, 0.2) is 5.16 Å². The molecule has 1 unspecified atom stereocenters. The molecule has 1 aromatic heterocycles. The third-order valence-electron chi connectivity index (χ3n) is 3.00. The lowest BCUT2D eigenvalue weighted by Crippen LogP contribution is -2.24. The van der Waals surface area contributed by atoms with E-state index in [-0.39, 0.29) is 12.6 Å². The maximum Gasteiger partial charge on any atom is 0.191 e. The average Bonchev–Trinajstić information content (AvgIpc) is 2.56. The fourth-order valence-electron chi connectivity index (χ4n) is 2.00. The Morgan fingerprint density at radius 2 is 2.24 bits per heavy atom. The lowest BCUT2D eigenvalue weighted by Gasteiger charge is -2.10. The molecule has 0 spiro atoms. The van der Waals surface area contributed by atoms with Crippen LogP contribution in [0.2, 0.25) is 0 Å². The Morgan fingerprint density at radius 3 is 3.06 bits per heavy atom. The van der Waals surface area contributed by atoms with E-state index in [2.05, 4.69) is 14.8 Å². The Bertz CT molecular complexity index is 355. The number of aliphatic hydroxyl groups excluding tert-OH is 1. The number of hydrogen-bond donors (Lipinski definition) is 2. The van der Waals surface area contributed by atoms with Gasteiger partial charge in [-0.15, -0.1) is 10.2 Å². The van der Waals surface area contributed by atoms with E-state index >= 15 is 0 Å². The Balaban J connectivity index is 1.94. The maximum atomic E-state index is 8.80. The van der Waals surface area contributed by atoms with Crippen molar-refractivity contribution in [3.8, 4) is 0 Å². The predicted molar refractivity (Wildman–Crippen MR) is 68.0 cm³/mol. The minimum Gasteiger partial charge on any atom is -0.396 e.